The van der Waals surface area contributed by atoms with Crippen molar-refractivity contribution in [3.63, 3.8) is 0 Å². The average molecular weight is 432 g/mol. The van der Waals surface area contributed by atoms with Crippen LogP contribution in [0.3, 0.4) is 0 Å². The fourth-order valence-corrected chi connectivity index (χ4v) is 3.87. The molecule has 0 bridgehead atoms. The first-order chi connectivity index (χ1) is 13.9. The van der Waals surface area contributed by atoms with Crippen molar-refractivity contribution >= 4 is 44.1 Å². The maximum atomic E-state index is 12.5. The molecule has 0 spiro atoms. The van der Waals surface area contributed by atoms with Crippen LogP contribution in [-0.4, -0.2) is 26.6 Å². The molecule has 0 radical (unpaired) electrons. The Labute approximate surface area is 176 Å². The lowest BCUT2D eigenvalue weighted by Crippen LogP contribution is -2.47. The molecular weight excluding hydrogens is 406 g/mol. The van der Waals surface area contributed by atoms with Gasteiger partial charge in [-0.15, -0.1) is 0 Å². The summed E-state index contributed by atoms with van der Waals surface area (Å²) in [6, 6.07) is 6.01. The number of fused-ring (bicyclic) bond motifs is 1. The summed E-state index contributed by atoms with van der Waals surface area (Å²) in [4.78, 5) is 41.2. The highest BCUT2D eigenvalue weighted by atomic mass is 32.1. The van der Waals surface area contributed by atoms with Gasteiger partial charge in [0.15, 0.2) is 10.8 Å². The summed E-state index contributed by atoms with van der Waals surface area (Å²) >= 11 is 1.35. The monoisotopic (exact) mass is 431 g/mol. The van der Waals surface area contributed by atoms with Crippen LogP contribution in [0.4, 0.5) is 16.6 Å². The van der Waals surface area contributed by atoms with Crippen LogP contribution in [0.1, 0.15) is 26.3 Å². The molecule has 0 aliphatic heterocycles. The van der Waals surface area contributed by atoms with Gasteiger partial charge in [-0.1, -0.05) is 38.2 Å². The first kappa shape index (κ1) is 21.5. The molecule has 5 N–H and O–H groups in total. The molecule has 3 aromatic rings. The molecule has 2 heterocycles. The number of nitrogen functional groups attached to an aromatic ring is 1. The predicted molar refractivity (Wildman–Crippen MR) is 120 cm³/mol. The fourth-order valence-electron chi connectivity index (χ4n) is 2.95. The molecule has 0 fully saturated rings. The minimum atomic E-state index is -0.680. The lowest BCUT2D eigenvalue weighted by Gasteiger charge is -2.20. The highest BCUT2D eigenvalue weighted by Crippen LogP contribution is 2.31. The molecule has 11 heteroatoms. The standard InChI is InChI=1S/C19H25N7O3S/c1-19(2,3)10-6-7-11-12(8-10)30-17(22-11)23-13(27)9-26(21)14-15(20)24(4)18(29)25(5)16(14)28/h6-8H,9,20-21H2,1-5H3,(H,22,23,27). The van der Waals surface area contributed by atoms with Crippen LogP contribution in [0.2, 0.25) is 0 Å². The predicted octanol–water partition coefficient (Wildman–Crippen LogP) is 0.892. The van der Waals surface area contributed by atoms with E-state index < -0.39 is 17.2 Å². The summed E-state index contributed by atoms with van der Waals surface area (Å²) in [5.74, 6) is 5.34. The molecule has 10 nitrogen and oxygen atoms in total. The summed E-state index contributed by atoms with van der Waals surface area (Å²) in [6.07, 6.45) is 0. The molecular formula is C19H25N7O3S. The molecule has 0 saturated heterocycles. The van der Waals surface area contributed by atoms with Crippen molar-refractivity contribution in [2.45, 2.75) is 26.2 Å². The van der Waals surface area contributed by atoms with Crippen molar-refractivity contribution in [3.05, 3.63) is 44.6 Å². The normalized spacial score (nSPS) is 11.7. The van der Waals surface area contributed by atoms with Crippen LogP contribution in [0.5, 0.6) is 0 Å². The molecule has 3 rings (SSSR count). The molecule has 0 atom stereocenters. The van der Waals surface area contributed by atoms with Crippen molar-refractivity contribution in [3.8, 4) is 0 Å². The van der Waals surface area contributed by atoms with Crippen LogP contribution in [-0.2, 0) is 24.3 Å². The summed E-state index contributed by atoms with van der Waals surface area (Å²) in [6.45, 7) is 6.04. The SMILES string of the molecule is Cn1c(N)c(N(N)CC(=O)Nc2nc3ccc(C(C)(C)C)cc3s2)c(=O)n(C)c1=O. The first-order valence-corrected chi connectivity index (χ1v) is 10.0. The third-order valence-electron chi connectivity index (χ3n) is 4.79. The van der Waals surface area contributed by atoms with Gasteiger partial charge in [0.05, 0.1) is 10.2 Å². The Morgan fingerprint density at radius 2 is 1.90 bits per heavy atom. The zero-order chi connectivity index (χ0) is 22.4. The molecule has 0 unspecified atom stereocenters. The fraction of sp³-hybridized carbons (Fsp3) is 0.368. The van der Waals surface area contributed by atoms with Crippen molar-refractivity contribution in [1.29, 1.82) is 0 Å². The number of benzene rings is 1. The molecule has 30 heavy (non-hydrogen) atoms. The number of aromatic nitrogens is 3. The van der Waals surface area contributed by atoms with Crippen LogP contribution < -0.4 is 33.2 Å². The molecule has 0 aliphatic carbocycles. The van der Waals surface area contributed by atoms with E-state index in [0.717, 1.165) is 24.4 Å². The van der Waals surface area contributed by atoms with Crippen molar-refractivity contribution in [2.75, 3.05) is 22.6 Å². The topological polar surface area (TPSA) is 141 Å². The first-order valence-electron chi connectivity index (χ1n) is 9.18. The average Bonchev–Trinajstić information content (AvgIpc) is 3.05. The van der Waals surface area contributed by atoms with Gasteiger partial charge in [0.1, 0.15) is 12.4 Å². The third kappa shape index (κ3) is 3.94. The number of nitrogens with one attached hydrogen (secondary N) is 1. The lowest BCUT2D eigenvalue weighted by molar-refractivity contribution is -0.115. The maximum Gasteiger partial charge on any atom is 0.332 e. The third-order valence-corrected chi connectivity index (χ3v) is 5.72. The number of anilines is 3. The largest absolute Gasteiger partial charge is 0.383 e. The van der Waals surface area contributed by atoms with Crippen molar-refractivity contribution < 1.29 is 4.79 Å². The summed E-state index contributed by atoms with van der Waals surface area (Å²) < 4.78 is 2.93. The van der Waals surface area contributed by atoms with Gasteiger partial charge in [0, 0.05) is 14.1 Å². The second kappa shape index (κ2) is 7.58. The summed E-state index contributed by atoms with van der Waals surface area (Å²) in [5.41, 5.74) is 6.43. The Bertz CT molecular complexity index is 1250. The second-order valence-corrected chi connectivity index (χ2v) is 9.10. The number of carbonyl (C=O) groups is 1. The maximum absolute atomic E-state index is 12.5. The van der Waals surface area contributed by atoms with Crippen LogP contribution >= 0.6 is 11.3 Å². The van der Waals surface area contributed by atoms with Gasteiger partial charge in [-0.3, -0.25) is 23.7 Å². The quantitative estimate of drug-likeness (QED) is 0.411. The molecule has 0 saturated carbocycles. The molecule has 1 amide bonds. The molecule has 0 aliphatic rings. The molecule has 2 aromatic heterocycles. The van der Waals surface area contributed by atoms with E-state index in [-0.39, 0.29) is 23.5 Å². The zero-order valence-corrected chi connectivity index (χ0v) is 18.3. The van der Waals surface area contributed by atoms with Gasteiger partial charge < -0.3 is 11.1 Å². The number of thiazole rings is 1. The van der Waals surface area contributed by atoms with Crippen LogP contribution in [0, 0.1) is 0 Å². The highest BCUT2D eigenvalue weighted by molar-refractivity contribution is 7.22. The van der Waals surface area contributed by atoms with Crippen molar-refractivity contribution in [2.24, 2.45) is 19.9 Å². The Kier molecular flexibility index (Phi) is 5.44. The Hall–Kier alpha value is -3.18. The summed E-state index contributed by atoms with van der Waals surface area (Å²) in [5, 5.41) is 4.05. The molecule has 160 valence electrons. The van der Waals surface area contributed by atoms with Gasteiger partial charge in [-0.2, -0.15) is 0 Å². The van der Waals surface area contributed by atoms with Gasteiger partial charge in [-0.25, -0.2) is 15.6 Å². The second-order valence-electron chi connectivity index (χ2n) is 8.07. The Morgan fingerprint density at radius 1 is 1.23 bits per heavy atom. The smallest absolute Gasteiger partial charge is 0.332 e. The van der Waals surface area contributed by atoms with Gasteiger partial charge >= 0.3 is 5.69 Å². The minimum absolute atomic E-state index is 0.00351. The van der Waals surface area contributed by atoms with E-state index >= 15 is 0 Å². The number of hydrogen-bond donors (Lipinski definition) is 3. The van der Waals surface area contributed by atoms with E-state index in [1.165, 1.54) is 31.0 Å². The number of hydrogen-bond acceptors (Lipinski definition) is 8. The molecule has 1 aromatic carbocycles. The van der Waals surface area contributed by atoms with E-state index in [9.17, 15) is 14.4 Å². The highest BCUT2D eigenvalue weighted by Gasteiger charge is 2.20. The van der Waals surface area contributed by atoms with Crippen LogP contribution in [0.25, 0.3) is 10.2 Å². The Morgan fingerprint density at radius 3 is 2.53 bits per heavy atom. The number of nitrogens with two attached hydrogens (primary N) is 2. The zero-order valence-electron chi connectivity index (χ0n) is 17.5. The van der Waals surface area contributed by atoms with E-state index in [4.69, 9.17) is 11.6 Å². The summed E-state index contributed by atoms with van der Waals surface area (Å²) in [7, 11) is 2.73. The number of hydrazine groups is 1. The number of carbonyl (C=O) groups excluding carboxylic acids is 1. The lowest BCUT2D eigenvalue weighted by atomic mass is 9.87. The number of amides is 1. The Balaban J connectivity index is 1.81. The van der Waals surface area contributed by atoms with Crippen LogP contribution in [0.15, 0.2) is 27.8 Å². The van der Waals surface area contributed by atoms with E-state index in [1.807, 2.05) is 12.1 Å². The van der Waals surface area contributed by atoms with E-state index in [1.54, 1.807) is 0 Å². The number of rotatable bonds is 4. The van der Waals surface area contributed by atoms with Gasteiger partial charge in [0.2, 0.25) is 5.91 Å². The number of nitrogens with zero attached hydrogens (tertiary/aromatic N) is 4. The minimum Gasteiger partial charge on any atom is -0.383 e. The van der Waals surface area contributed by atoms with Gasteiger partial charge in [0.25, 0.3) is 5.56 Å². The van der Waals surface area contributed by atoms with Gasteiger partial charge in [-0.05, 0) is 23.1 Å². The van der Waals surface area contributed by atoms with E-state index in [0.29, 0.717) is 5.13 Å². The van der Waals surface area contributed by atoms with E-state index in [2.05, 4.69) is 37.1 Å². The van der Waals surface area contributed by atoms with Crippen molar-refractivity contribution in [1.82, 2.24) is 14.1 Å².